The van der Waals surface area contributed by atoms with Gasteiger partial charge >= 0.3 is 12.1 Å². The molecule has 116 valence electrons. The van der Waals surface area contributed by atoms with Crippen molar-refractivity contribution in [1.29, 1.82) is 0 Å². The fourth-order valence-electron chi connectivity index (χ4n) is 1.84. The molecule has 0 aliphatic rings. The Bertz CT molecular complexity index is 505. The van der Waals surface area contributed by atoms with Crippen molar-refractivity contribution in [2.24, 2.45) is 0 Å². The van der Waals surface area contributed by atoms with Gasteiger partial charge in [0.25, 0.3) is 0 Å². The first-order valence-electron chi connectivity index (χ1n) is 6.85. The normalized spacial score (nSPS) is 12.4. The first kappa shape index (κ1) is 17.0. The van der Waals surface area contributed by atoms with Gasteiger partial charge in [-0.3, -0.25) is 0 Å². The van der Waals surface area contributed by atoms with E-state index in [0.29, 0.717) is 6.42 Å². The van der Waals surface area contributed by atoms with Crippen molar-refractivity contribution in [2.75, 3.05) is 7.11 Å². The van der Waals surface area contributed by atoms with Gasteiger partial charge in [0.05, 0.1) is 7.11 Å². The summed E-state index contributed by atoms with van der Waals surface area (Å²) in [6, 6.07) is 6.92. The van der Waals surface area contributed by atoms with Gasteiger partial charge in [0.15, 0.2) is 0 Å². The summed E-state index contributed by atoms with van der Waals surface area (Å²) in [4.78, 5) is 23.7. The fraction of sp³-hybridized carbons (Fsp3) is 0.500. The number of carbonyl (C=O) groups is 2. The summed E-state index contributed by atoms with van der Waals surface area (Å²) in [5.74, 6) is -0.496. The number of rotatable bonds is 4. The van der Waals surface area contributed by atoms with Gasteiger partial charge in [-0.05, 0) is 38.8 Å². The Labute approximate surface area is 125 Å². The second-order valence-corrected chi connectivity index (χ2v) is 5.85. The van der Waals surface area contributed by atoms with Gasteiger partial charge in [-0.15, -0.1) is 0 Å². The fourth-order valence-corrected chi connectivity index (χ4v) is 1.84. The Morgan fingerprint density at radius 3 is 2.38 bits per heavy atom. The van der Waals surface area contributed by atoms with Gasteiger partial charge < -0.3 is 14.8 Å². The van der Waals surface area contributed by atoms with Gasteiger partial charge in [0.2, 0.25) is 0 Å². The molecular weight excluding hydrogens is 270 g/mol. The van der Waals surface area contributed by atoms with Gasteiger partial charge in [0.1, 0.15) is 11.6 Å². The Morgan fingerprint density at radius 1 is 1.24 bits per heavy atom. The summed E-state index contributed by atoms with van der Waals surface area (Å²) < 4.78 is 9.92. The minimum absolute atomic E-state index is 0.360. The van der Waals surface area contributed by atoms with Gasteiger partial charge in [0, 0.05) is 6.42 Å². The van der Waals surface area contributed by atoms with Crippen LogP contribution in [0.25, 0.3) is 0 Å². The second kappa shape index (κ2) is 7.11. The second-order valence-electron chi connectivity index (χ2n) is 5.85. The number of benzene rings is 1. The summed E-state index contributed by atoms with van der Waals surface area (Å²) in [7, 11) is 1.30. The monoisotopic (exact) mass is 293 g/mol. The quantitative estimate of drug-likeness (QED) is 0.867. The highest BCUT2D eigenvalue weighted by Gasteiger charge is 2.25. The number of esters is 1. The zero-order chi connectivity index (χ0) is 16.0. The SMILES string of the molecule is COC(=O)[C@@H](Cc1ccccc1C)NC(=O)OC(C)(C)C. The highest BCUT2D eigenvalue weighted by molar-refractivity contribution is 5.81. The lowest BCUT2D eigenvalue weighted by Gasteiger charge is -2.23. The number of amides is 1. The first-order valence-corrected chi connectivity index (χ1v) is 6.85. The molecule has 1 N–H and O–H groups in total. The standard InChI is InChI=1S/C16H23NO4/c1-11-8-6-7-9-12(11)10-13(14(18)20-5)17-15(19)21-16(2,3)4/h6-9,13H,10H2,1-5H3,(H,17,19)/t13-/m1/s1. The summed E-state index contributed by atoms with van der Waals surface area (Å²) in [5.41, 5.74) is 1.41. The minimum atomic E-state index is -0.772. The van der Waals surface area contributed by atoms with Gasteiger partial charge in [-0.1, -0.05) is 24.3 Å². The van der Waals surface area contributed by atoms with E-state index in [0.717, 1.165) is 11.1 Å². The van der Waals surface area contributed by atoms with E-state index >= 15 is 0 Å². The number of hydrogen-bond acceptors (Lipinski definition) is 4. The summed E-state index contributed by atoms with van der Waals surface area (Å²) >= 11 is 0. The number of nitrogens with one attached hydrogen (secondary N) is 1. The maximum Gasteiger partial charge on any atom is 0.408 e. The molecule has 0 unspecified atom stereocenters. The molecule has 0 spiro atoms. The first-order chi connectivity index (χ1) is 9.73. The molecule has 5 nitrogen and oxygen atoms in total. The Kier molecular flexibility index (Phi) is 5.76. The van der Waals surface area contributed by atoms with Crippen LogP contribution < -0.4 is 5.32 Å². The summed E-state index contributed by atoms with van der Waals surface area (Å²) in [6.45, 7) is 7.25. The van der Waals surface area contributed by atoms with E-state index in [9.17, 15) is 9.59 Å². The number of methoxy groups -OCH3 is 1. The molecular formula is C16H23NO4. The molecule has 1 aromatic carbocycles. The van der Waals surface area contributed by atoms with Crippen molar-refractivity contribution in [3.63, 3.8) is 0 Å². The molecule has 0 saturated heterocycles. The lowest BCUT2D eigenvalue weighted by atomic mass is 10.0. The van der Waals surface area contributed by atoms with Crippen LogP contribution >= 0.6 is 0 Å². The lowest BCUT2D eigenvalue weighted by molar-refractivity contribution is -0.143. The van der Waals surface area contributed by atoms with Crippen molar-refractivity contribution in [1.82, 2.24) is 5.32 Å². The Morgan fingerprint density at radius 2 is 1.86 bits per heavy atom. The maximum absolute atomic E-state index is 11.8. The van der Waals surface area contributed by atoms with Crippen molar-refractivity contribution in [3.05, 3.63) is 35.4 Å². The van der Waals surface area contributed by atoms with Crippen LogP contribution in [0.15, 0.2) is 24.3 Å². The van der Waals surface area contributed by atoms with Crippen LogP contribution in [-0.4, -0.2) is 30.8 Å². The van der Waals surface area contributed by atoms with Crippen LogP contribution in [0.3, 0.4) is 0 Å². The van der Waals surface area contributed by atoms with E-state index in [2.05, 4.69) is 5.32 Å². The molecule has 0 saturated carbocycles. The molecule has 0 aliphatic heterocycles. The van der Waals surface area contributed by atoms with E-state index in [1.807, 2.05) is 31.2 Å². The van der Waals surface area contributed by atoms with Crippen LogP contribution in [0.2, 0.25) is 0 Å². The minimum Gasteiger partial charge on any atom is -0.467 e. The molecule has 1 amide bonds. The van der Waals surface area contributed by atoms with Crippen LogP contribution in [0.4, 0.5) is 4.79 Å². The Hall–Kier alpha value is -2.04. The topological polar surface area (TPSA) is 64.6 Å². The molecule has 0 aromatic heterocycles. The van der Waals surface area contributed by atoms with Crippen LogP contribution in [0, 0.1) is 6.92 Å². The molecule has 1 rings (SSSR count). The van der Waals surface area contributed by atoms with Crippen molar-refractivity contribution in [3.8, 4) is 0 Å². The van der Waals surface area contributed by atoms with Gasteiger partial charge in [-0.25, -0.2) is 9.59 Å². The average Bonchev–Trinajstić information content (AvgIpc) is 2.37. The molecule has 5 heteroatoms. The summed E-state index contributed by atoms with van der Waals surface area (Å²) in [5, 5.41) is 2.56. The van der Waals surface area contributed by atoms with E-state index in [4.69, 9.17) is 9.47 Å². The Balaban J connectivity index is 2.80. The zero-order valence-corrected chi connectivity index (χ0v) is 13.2. The molecule has 0 fully saturated rings. The molecule has 0 bridgehead atoms. The zero-order valence-electron chi connectivity index (χ0n) is 13.2. The number of hydrogen-bond donors (Lipinski definition) is 1. The van der Waals surface area contributed by atoms with Crippen LogP contribution in [0.5, 0.6) is 0 Å². The van der Waals surface area contributed by atoms with E-state index in [1.54, 1.807) is 20.8 Å². The molecule has 0 heterocycles. The van der Waals surface area contributed by atoms with E-state index in [1.165, 1.54) is 7.11 Å². The smallest absolute Gasteiger partial charge is 0.408 e. The largest absolute Gasteiger partial charge is 0.467 e. The van der Waals surface area contributed by atoms with E-state index in [-0.39, 0.29) is 0 Å². The lowest BCUT2D eigenvalue weighted by Crippen LogP contribution is -2.45. The third kappa shape index (κ3) is 5.85. The third-order valence-corrected chi connectivity index (χ3v) is 2.86. The van der Waals surface area contributed by atoms with Crippen molar-refractivity contribution in [2.45, 2.75) is 45.8 Å². The van der Waals surface area contributed by atoms with Gasteiger partial charge in [-0.2, -0.15) is 0 Å². The predicted octanol–water partition coefficient (Wildman–Crippen LogP) is 2.60. The van der Waals surface area contributed by atoms with Crippen LogP contribution in [-0.2, 0) is 20.7 Å². The molecule has 21 heavy (non-hydrogen) atoms. The average molecular weight is 293 g/mol. The highest BCUT2D eigenvalue weighted by Crippen LogP contribution is 2.12. The number of carbonyl (C=O) groups excluding carboxylic acids is 2. The molecule has 0 radical (unpaired) electrons. The van der Waals surface area contributed by atoms with Crippen LogP contribution in [0.1, 0.15) is 31.9 Å². The third-order valence-electron chi connectivity index (χ3n) is 2.86. The molecule has 1 atom stereocenters. The molecule has 1 aromatic rings. The molecule has 0 aliphatic carbocycles. The maximum atomic E-state index is 11.8. The number of ether oxygens (including phenoxy) is 2. The highest BCUT2D eigenvalue weighted by atomic mass is 16.6. The number of aryl methyl sites for hydroxylation is 1. The van der Waals surface area contributed by atoms with Crippen molar-refractivity contribution >= 4 is 12.1 Å². The van der Waals surface area contributed by atoms with Crippen molar-refractivity contribution < 1.29 is 19.1 Å². The summed E-state index contributed by atoms with van der Waals surface area (Å²) in [6.07, 6.45) is -0.273. The van der Waals surface area contributed by atoms with E-state index < -0.39 is 23.7 Å². The predicted molar refractivity (Wildman–Crippen MR) is 80.1 cm³/mol. The number of alkyl carbamates (subject to hydrolysis) is 1.